The first kappa shape index (κ1) is 26.0. The van der Waals surface area contributed by atoms with Gasteiger partial charge in [-0.25, -0.2) is 9.91 Å². The van der Waals surface area contributed by atoms with Crippen LogP contribution in [-0.4, -0.2) is 46.7 Å². The van der Waals surface area contributed by atoms with Crippen molar-refractivity contribution in [2.75, 3.05) is 12.0 Å². The zero-order valence-corrected chi connectivity index (χ0v) is 20.6. The van der Waals surface area contributed by atoms with Crippen molar-refractivity contribution in [3.8, 4) is 5.75 Å². The number of rotatable bonds is 7. The molecule has 0 spiro atoms. The predicted octanol–water partition coefficient (Wildman–Crippen LogP) is 3.29. The molecule has 1 aliphatic heterocycles. The van der Waals surface area contributed by atoms with Crippen LogP contribution in [0.3, 0.4) is 0 Å². The Morgan fingerprint density at radius 3 is 2.45 bits per heavy atom. The molecule has 11 nitrogen and oxygen atoms in total. The minimum absolute atomic E-state index is 0.0420. The molecule has 0 bridgehead atoms. The lowest BCUT2D eigenvalue weighted by Gasteiger charge is -2.28. The van der Waals surface area contributed by atoms with Crippen molar-refractivity contribution in [2.24, 2.45) is 0 Å². The van der Waals surface area contributed by atoms with Crippen LogP contribution >= 0.6 is 0 Å². The van der Waals surface area contributed by atoms with Crippen LogP contribution in [0, 0.1) is 10.1 Å². The van der Waals surface area contributed by atoms with Crippen LogP contribution in [0.15, 0.2) is 72.8 Å². The molecule has 194 valence electrons. The highest BCUT2D eigenvalue weighted by molar-refractivity contribution is 6.23. The van der Waals surface area contributed by atoms with E-state index < -0.39 is 34.6 Å². The highest BCUT2D eigenvalue weighted by atomic mass is 16.6. The van der Waals surface area contributed by atoms with Crippen LogP contribution < -0.4 is 15.1 Å². The van der Waals surface area contributed by atoms with Crippen molar-refractivity contribution >= 4 is 35.0 Å². The van der Waals surface area contributed by atoms with Gasteiger partial charge >= 0.3 is 0 Å². The van der Waals surface area contributed by atoms with Crippen LogP contribution in [-0.2, 0) is 16.0 Å². The van der Waals surface area contributed by atoms with Gasteiger partial charge < -0.3 is 4.74 Å². The van der Waals surface area contributed by atoms with Crippen LogP contribution in [0.2, 0.25) is 0 Å². The number of nitrogens with zero attached hydrogens (tertiary/aromatic N) is 3. The van der Waals surface area contributed by atoms with Crippen molar-refractivity contribution in [1.82, 2.24) is 10.4 Å². The summed E-state index contributed by atoms with van der Waals surface area (Å²) in [7, 11) is 1.37. The lowest BCUT2D eigenvalue weighted by atomic mass is 10.1. The summed E-state index contributed by atoms with van der Waals surface area (Å²) in [5.74, 6) is -2.73. The zero-order chi connectivity index (χ0) is 27.4. The second-order valence-electron chi connectivity index (χ2n) is 8.43. The average molecular weight is 517 g/mol. The number of carbonyl (C=O) groups excluding carboxylic acids is 4. The molecule has 1 atom stereocenters. The Labute approximate surface area is 217 Å². The summed E-state index contributed by atoms with van der Waals surface area (Å²) in [5.41, 5.74) is 3.36. The molecule has 1 N–H and O–H groups in total. The highest BCUT2D eigenvalue weighted by Crippen LogP contribution is 2.28. The first-order valence-corrected chi connectivity index (χ1v) is 11.7. The number of nitrogens with one attached hydrogen (secondary N) is 1. The third-order valence-electron chi connectivity index (χ3n) is 6.13. The zero-order valence-electron chi connectivity index (χ0n) is 20.6. The lowest BCUT2D eigenvalue weighted by Crippen LogP contribution is -2.54. The maximum absolute atomic E-state index is 13.7. The van der Waals surface area contributed by atoms with Crippen LogP contribution in [0.1, 0.15) is 39.6 Å². The van der Waals surface area contributed by atoms with Gasteiger partial charge in [0.05, 0.1) is 29.7 Å². The Balaban J connectivity index is 1.71. The Morgan fingerprint density at radius 1 is 1.08 bits per heavy atom. The van der Waals surface area contributed by atoms with E-state index >= 15 is 0 Å². The molecule has 1 unspecified atom stereocenters. The number of amides is 4. The number of non-ortho nitro benzene ring substituents is 1. The van der Waals surface area contributed by atoms with Gasteiger partial charge in [-0.15, -0.1) is 0 Å². The summed E-state index contributed by atoms with van der Waals surface area (Å²) in [6, 6.07) is 16.7. The van der Waals surface area contributed by atoms with Gasteiger partial charge in [-0.1, -0.05) is 37.3 Å². The fourth-order valence-electron chi connectivity index (χ4n) is 4.13. The molecule has 4 rings (SSSR count). The maximum atomic E-state index is 13.7. The molecule has 1 aliphatic rings. The van der Waals surface area contributed by atoms with E-state index in [0.29, 0.717) is 5.69 Å². The van der Waals surface area contributed by atoms with Gasteiger partial charge in [0.15, 0.2) is 0 Å². The fraction of sp³-hybridized carbons (Fsp3) is 0.185. The molecular formula is C27H24N4O7. The first-order chi connectivity index (χ1) is 18.2. The molecule has 0 aliphatic carbocycles. The van der Waals surface area contributed by atoms with Crippen molar-refractivity contribution in [2.45, 2.75) is 25.8 Å². The quantitative estimate of drug-likeness (QED) is 0.289. The molecule has 11 heteroatoms. The lowest BCUT2D eigenvalue weighted by molar-refractivity contribution is -0.384. The largest absolute Gasteiger partial charge is 0.496 e. The molecule has 0 aromatic heterocycles. The standard InChI is InChI=1S/C27H24N4O7/c1-3-17-11-13-19(14-12-17)29-24(32)16-22(27(29)35)30(26(34)21-9-4-5-10-23(21)38-2)28-25(33)18-7-6-8-20(15-18)31(36)37/h4-15,22H,3,16H2,1-2H3,(H,28,33). The molecule has 0 saturated carbocycles. The molecule has 38 heavy (non-hydrogen) atoms. The van der Waals surface area contributed by atoms with Gasteiger partial charge in [-0.05, 0) is 42.3 Å². The van der Waals surface area contributed by atoms with E-state index in [-0.39, 0.29) is 29.0 Å². The number of hydrogen-bond acceptors (Lipinski definition) is 7. The topological polar surface area (TPSA) is 139 Å². The average Bonchev–Trinajstić information content (AvgIpc) is 3.24. The molecule has 0 radical (unpaired) electrons. The number of aryl methyl sites for hydroxylation is 1. The van der Waals surface area contributed by atoms with E-state index in [1.807, 2.05) is 6.92 Å². The second-order valence-corrected chi connectivity index (χ2v) is 8.43. The minimum Gasteiger partial charge on any atom is -0.496 e. The first-order valence-electron chi connectivity index (χ1n) is 11.7. The molecule has 3 aromatic rings. The number of anilines is 1. The number of para-hydroxylation sites is 1. The predicted molar refractivity (Wildman–Crippen MR) is 136 cm³/mol. The van der Waals surface area contributed by atoms with Gasteiger partial charge in [0.1, 0.15) is 11.8 Å². The van der Waals surface area contributed by atoms with E-state index in [1.165, 1.54) is 37.4 Å². The molecule has 1 heterocycles. The maximum Gasteiger partial charge on any atom is 0.276 e. The van der Waals surface area contributed by atoms with Crippen LogP contribution in [0.5, 0.6) is 5.75 Å². The normalized spacial score (nSPS) is 14.8. The van der Waals surface area contributed by atoms with E-state index in [1.54, 1.807) is 36.4 Å². The third-order valence-corrected chi connectivity index (χ3v) is 6.13. The van der Waals surface area contributed by atoms with Crippen LogP contribution in [0.4, 0.5) is 11.4 Å². The van der Waals surface area contributed by atoms with Gasteiger partial charge in [-0.2, -0.15) is 0 Å². The van der Waals surface area contributed by atoms with E-state index in [2.05, 4.69) is 5.43 Å². The smallest absolute Gasteiger partial charge is 0.276 e. The van der Waals surface area contributed by atoms with Crippen molar-refractivity contribution in [3.05, 3.63) is 99.6 Å². The SMILES string of the molecule is CCc1ccc(N2C(=O)CC(N(NC(=O)c3cccc([N+](=O)[O-])c3)C(=O)c3ccccc3OC)C2=O)cc1. The number of nitro benzene ring substituents is 1. The number of imide groups is 1. The summed E-state index contributed by atoms with van der Waals surface area (Å²) < 4.78 is 5.27. The second kappa shape index (κ2) is 10.9. The molecule has 3 aromatic carbocycles. The number of nitro groups is 1. The Kier molecular flexibility index (Phi) is 7.47. The van der Waals surface area contributed by atoms with Gasteiger partial charge in [0.25, 0.3) is 23.4 Å². The van der Waals surface area contributed by atoms with Gasteiger partial charge in [-0.3, -0.25) is 34.7 Å². The van der Waals surface area contributed by atoms with E-state index in [9.17, 15) is 29.3 Å². The molecule has 1 fully saturated rings. The van der Waals surface area contributed by atoms with E-state index in [0.717, 1.165) is 28.0 Å². The molecular weight excluding hydrogens is 492 g/mol. The Bertz CT molecular complexity index is 1420. The van der Waals surface area contributed by atoms with E-state index in [4.69, 9.17) is 4.74 Å². The summed E-state index contributed by atoms with van der Waals surface area (Å²) in [4.78, 5) is 64.8. The minimum atomic E-state index is -1.37. The monoisotopic (exact) mass is 516 g/mol. The summed E-state index contributed by atoms with van der Waals surface area (Å²) in [6.45, 7) is 1.97. The fourth-order valence-corrected chi connectivity index (χ4v) is 4.13. The third kappa shape index (κ3) is 5.07. The summed E-state index contributed by atoms with van der Waals surface area (Å²) in [6.07, 6.45) is 0.389. The molecule has 1 saturated heterocycles. The molecule has 4 amide bonds. The van der Waals surface area contributed by atoms with Crippen molar-refractivity contribution in [1.29, 1.82) is 0 Å². The van der Waals surface area contributed by atoms with Gasteiger partial charge in [0.2, 0.25) is 5.91 Å². The van der Waals surface area contributed by atoms with Crippen molar-refractivity contribution in [3.63, 3.8) is 0 Å². The van der Waals surface area contributed by atoms with Crippen LogP contribution in [0.25, 0.3) is 0 Å². The summed E-state index contributed by atoms with van der Waals surface area (Å²) >= 11 is 0. The van der Waals surface area contributed by atoms with Crippen molar-refractivity contribution < 1.29 is 28.8 Å². The Morgan fingerprint density at radius 2 is 1.79 bits per heavy atom. The number of hydrazine groups is 1. The number of hydrogen-bond donors (Lipinski definition) is 1. The Hall–Kier alpha value is -5.06. The summed E-state index contributed by atoms with van der Waals surface area (Å²) in [5, 5.41) is 12.0. The number of benzene rings is 3. The van der Waals surface area contributed by atoms with Gasteiger partial charge in [0, 0.05) is 17.7 Å². The number of carbonyl (C=O) groups is 4. The number of ether oxygens (including phenoxy) is 1. The number of methoxy groups -OCH3 is 1. The highest BCUT2D eigenvalue weighted by Gasteiger charge is 2.46.